The summed E-state index contributed by atoms with van der Waals surface area (Å²) in [5.41, 5.74) is 22.2. The first-order chi connectivity index (χ1) is 17.9. The SMILES string of the molecule is NC(=O)CCC(NC(=O)C(CO)NC(=O)C(Cc1ccccc1)NC(=O)C(N)CCCN=C(N)N)C(=O)O. The lowest BCUT2D eigenvalue weighted by Gasteiger charge is -2.24. The van der Waals surface area contributed by atoms with Crippen LogP contribution >= 0.6 is 0 Å². The van der Waals surface area contributed by atoms with Crippen LogP contribution in [0.1, 0.15) is 31.2 Å². The Morgan fingerprint density at radius 2 is 1.42 bits per heavy atom. The number of aliphatic hydroxyl groups excluding tert-OH is 1. The number of aliphatic carboxylic acids is 1. The first kappa shape index (κ1) is 31.8. The van der Waals surface area contributed by atoms with Gasteiger partial charge >= 0.3 is 5.97 Å². The van der Waals surface area contributed by atoms with Crippen LogP contribution in [0, 0.1) is 0 Å². The molecular formula is C23H36N8O7. The average Bonchev–Trinajstić information content (AvgIpc) is 2.86. The van der Waals surface area contributed by atoms with E-state index >= 15 is 0 Å². The lowest BCUT2D eigenvalue weighted by molar-refractivity contribution is -0.143. The number of carbonyl (C=O) groups excluding carboxylic acids is 4. The van der Waals surface area contributed by atoms with Crippen molar-refractivity contribution in [3.05, 3.63) is 35.9 Å². The molecule has 0 aliphatic carbocycles. The van der Waals surface area contributed by atoms with Gasteiger partial charge in [-0.1, -0.05) is 30.3 Å². The van der Waals surface area contributed by atoms with E-state index in [-0.39, 0.29) is 38.2 Å². The quantitative estimate of drug-likeness (QED) is 0.0535. The molecule has 0 aromatic heterocycles. The van der Waals surface area contributed by atoms with Crippen LogP contribution in [-0.4, -0.2) is 83.1 Å². The van der Waals surface area contributed by atoms with Crippen molar-refractivity contribution in [3.63, 3.8) is 0 Å². The van der Waals surface area contributed by atoms with Crippen LogP contribution < -0.4 is 38.9 Å². The second-order valence-electron chi connectivity index (χ2n) is 8.45. The minimum atomic E-state index is -1.54. The molecular weight excluding hydrogens is 500 g/mol. The third kappa shape index (κ3) is 12.1. The first-order valence-electron chi connectivity index (χ1n) is 11.8. The summed E-state index contributed by atoms with van der Waals surface area (Å²) in [5.74, 6) is -4.72. The van der Waals surface area contributed by atoms with Gasteiger partial charge in [-0.25, -0.2) is 4.79 Å². The normalized spacial score (nSPS) is 13.7. The fraction of sp³-hybridized carbons (Fsp3) is 0.478. The van der Waals surface area contributed by atoms with Gasteiger partial charge in [-0.15, -0.1) is 0 Å². The highest BCUT2D eigenvalue weighted by Crippen LogP contribution is 2.06. The summed E-state index contributed by atoms with van der Waals surface area (Å²) in [7, 11) is 0. The third-order valence-electron chi connectivity index (χ3n) is 5.33. The number of aliphatic hydroxyl groups is 1. The van der Waals surface area contributed by atoms with Crippen LogP contribution in [0.3, 0.4) is 0 Å². The van der Waals surface area contributed by atoms with Crippen molar-refractivity contribution in [2.45, 2.75) is 56.3 Å². The Morgan fingerprint density at radius 1 is 0.842 bits per heavy atom. The number of nitrogens with zero attached hydrogens (tertiary/aromatic N) is 1. The van der Waals surface area contributed by atoms with Gasteiger partial charge in [0.05, 0.1) is 12.6 Å². The van der Waals surface area contributed by atoms with Crippen molar-refractivity contribution in [1.29, 1.82) is 0 Å². The van der Waals surface area contributed by atoms with Gasteiger partial charge in [-0.05, 0) is 24.8 Å². The average molecular weight is 537 g/mol. The number of carbonyl (C=O) groups is 5. The molecule has 0 saturated heterocycles. The van der Waals surface area contributed by atoms with Crippen LogP contribution in [0.2, 0.25) is 0 Å². The lowest BCUT2D eigenvalue weighted by Crippen LogP contribution is -2.58. The van der Waals surface area contributed by atoms with E-state index in [9.17, 15) is 34.2 Å². The molecule has 0 radical (unpaired) electrons. The molecule has 0 bridgehead atoms. The summed E-state index contributed by atoms with van der Waals surface area (Å²) in [5, 5.41) is 26.0. The van der Waals surface area contributed by atoms with E-state index in [4.69, 9.17) is 22.9 Å². The molecule has 15 heteroatoms. The van der Waals surface area contributed by atoms with Crippen LogP contribution in [0.15, 0.2) is 35.3 Å². The highest BCUT2D eigenvalue weighted by Gasteiger charge is 2.30. The number of primary amides is 1. The maximum absolute atomic E-state index is 13.1. The fourth-order valence-corrected chi connectivity index (χ4v) is 3.27. The zero-order valence-corrected chi connectivity index (χ0v) is 20.8. The van der Waals surface area contributed by atoms with Crippen molar-refractivity contribution in [2.75, 3.05) is 13.2 Å². The molecule has 1 aromatic rings. The van der Waals surface area contributed by atoms with E-state index in [1.165, 1.54) is 0 Å². The summed E-state index contributed by atoms with van der Waals surface area (Å²) in [4.78, 5) is 64.5. The number of benzene rings is 1. The number of amides is 4. The van der Waals surface area contributed by atoms with E-state index < -0.39 is 60.4 Å². The zero-order valence-electron chi connectivity index (χ0n) is 20.8. The van der Waals surface area contributed by atoms with Crippen LogP contribution in [0.4, 0.5) is 0 Å². The minimum absolute atomic E-state index is 0.0370. The molecule has 0 heterocycles. The van der Waals surface area contributed by atoms with Crippen molar-refractivity contribution in [2.24, 2.45) is 27.9 Å². The van der Waals surface area contributed by atoms with E-state index in [0.717, 1.165) is 0 Å². The maximum Gasteiger partial charge on any atom is 0.326 e. The van der Waals surface area contributed by atoms with E-state index in [0.29, 0.717) is 12.0 Å². The van der Waals surface area contributed by atoms with Gasteiger partial charge in [0.15, 0.2) is 5.96 Å². The van der Waals surface area contributed by atoms with Gasteiger partial charge in [0.1, 0.15) is 18.1 Å². The molecule has 4 atom stereocenters. The standard InChI is InChI=1S/C23H36N8O7/c24-14(7-4-10-28-23(26)27)19(34)30-16(11-13-5-2-1-3-6-13)20(35)31-17(12-32)21(36)29-15(22(37)38)8-9-18(25)33/h1-3,5-6,14-17,32H,4,7-12,24H2,(H2,25,33)(H,29,36)(H,30,34)(H,31,35)(H,37,38)(H4,26,27,28). The number of aliphatic imine (C=N–C) groups is 1. The Bertz CT molecular complexity index is 985. The molecule has 38 heavy (non-hydrogen) atoms. The van der Waals surface area contributed by atoms with Crippen LogP contribution in [0.25, 0.3) is 0 Å². The lowest BCUT2D eigenvalue weighted by atomic mass is 10.0. The molecule has 0 fully saturated rings. The largest absolute Gasteiger partial charge is 0.480 e. The number of nitrogens with one attached hydrogen (secondary N) is 3. The monoisotopic (exact) mass is 536 g/mol. The molecule has 13 N–H and O–H groups in total. The fourth-order valence-electron chi connectivity index (χ4n) is 3.27. The van der Waals surface area contributed by atoms with Crippen molar-refractivity contribution in [3.8, 4) is 0 Å². The molecule has 0 aliphatic heterocycles. The summed E-state index contributed by atoms with van der Waals surface area (Å²) in [6.45, 7) is -0.600. The van der Waals surface area contributed by atoms with Crippen molar-refractivity contribution < 1.29 is 34.2 Å². The van der Waals surface area contributed by atoms with E-state index in [2.05, 4.69) is 20.9 Å². The molecule has 1 aromatic carbocycles. The Morgan fingerprint density at radius 3 is 1.97 bits per heavy atom. The summed E-state index contributed by atoms with van der Waals surface area (Å²) in [6, 6.07) is 3.54. The number of rotatable bonds is 17. The van der Waals surface area contributed by atoms with E-state index in [1.54, 1.807) is 30.3 Å². The van der Waals surface area contributed by atoms with E-state index in [1.807, 2.05) is 0 Å². The predicted octanol–water partition coefficient (Wildman–Crippen LogP) is -3.59. The summed E-state index contributed by atoms with van der Waals surface area (Å²) >= 11 is 0. The summed E-state index contributed by atoms with van der Waals surface area (Å²) in [6.07, 6.45) is 0.0947. The second-order valence-corrected chi connectivity index (χ2v) is 8.45. The van der Waals surface area contributed by atoms with Crippen LogP contribution in [-0.2, 0) is 30.4 Å². The maximum atomic E-state index is 13.1. The van der Waals surface area contributed by atoms with Gasteiger partial charge in [-0.3, -0.25) is 24.2 Å². The number of hydrogen-bond donors (Lipinski definition) is 9. The molecule has 0 aliphatic rings. The highest BCUT2D eigenvalue weighted by molar-refractivity contribution is 5.94. The summed E-state index contributed by atoms with van der Waals surface area (Å²) < 4.78 is 0. The topological polar surface area (TPSA) is 278 Å². The number of carboxylic acids is 1. The number of guanidine groups is 1. The Kier molecular flexibility index (Phi) is 13.8. The predicted molar refractivity (Wildman–Crippen MR) is 137 cm³/mol. The van der Waals surface area contributed by atoms with Gasteiger partial charge in [0, 0.05) is 19.4 Å². The molecule has 1 rings (SSSR count). The Labute approximate surface area is 219 Å². The van der Waals surface area contributed by atoms with Gasteiger partial charge < -0.3 is 49.1 Å². The van der Waals surface area contributed by atoms with Crippen molar-refractivity contribution in [1.82, 2.24) is 16.0 Å². The number of hydrogen-bond acceptors (Lipinski definition) is 8. The molecule has 4 unspecified atom stereocenters. The number of carboxylic acid groups (broad SMARTS) is 1. The van der Waals surface area contributed by atoms with Crippen LogP contribution in [0.5, 0.6) is 0 Å². The van der Waals surface area contributed by atoms with Gasteiger partial charge in [-0.2, -0.15) is 0 Å². The zero-order chi connectivity index (χ0) is 28.7. The van der Waals surface area contributed by atoms with Gasteiger partial charge in [0.25, 0.3) is 0 Å². The Balaban J connectivity index is 2.93. The molecule has 15 nitrogen and oxygen atoms in total. The molecule has 0 saturated carbocycles. The molecule has 4 amide bonds. The Hall–Kier alpha value is -4.24. The molecule has 0 spiro atoms. The van der Waals surface area contributed by atoms with Crippen molar-refractivity contribution >= 4 is 35.6 Å². The molecule has 210 valence electrons. The third-order valence-corrected chi connectivity index (χ3v) is 5.33. The second kappa shape index (κ2) is 16.5. The minimum Gasteiger partial charge on any atom is -0.480 e. The van der Waals surface area contributed by atoms with Gasteiger partial charge in [0.2, 0.25) is 23.6 Å². The first-order valence-corrected chi connectivity index (χ1v) is 11.8. The highest BCUT2D eigenvalue weighted by atomic mass is 16.4. The smallest absolute Gasteiger partial charge is 0.326 e. The number of nitrogens with two attached hydrogens (primary N) is 4.